The summed E-state index contributed by atoms with van der Waals surface area (Å²) in [5, 5.41) is 10.8. The van der Waals surface area contributed by atoms with Crippen molar-refractivity contribution in [2.75, 3.05) is 14.2 Å². The first-order chi connectivity index (χ1) is 12.5. The molecule has 1 saturated carbocycles. The number of allylic oxidation sites excluding steroid dienone is 1. The maximum absolute atomic E-state index is 12.2. The van der Waals surface area contributed by atoms with Crippen LogP contribution in [0.1, 0.15) is 23.5 Å². The van der Waals surface area contributed by atoms with Crippen molar-refractivity contribution in [3.05, 3.63) is 80.9 Å². The Morgan fingerprint density at radius 3 is 2.31 bits per heavy atom. The summed E-state index contributed by atoms with van der Waals surface area (Å²) in [7, 11) is 2.99. The second-order valence-corrected chi connectivity index (χ2v) is 6.13. The predicted molar refractivity (Wildman–Crippen MR) is 96.2 cm³/mol. The van der Waals surface area contributed by atoms with E-state index in [1.54, 1.807) is 19.2 Å². The van der Waals surface area contributed by atoms with Gasteiger partial charge in [0.25, 0.3) is 5.69 Å². The van der Waals surface area contributed by atoms with Gasteiger partial charge in [-0.1, -0.05) is 29.8 Å². The Morgan fingerprint density at radius 2 is 1.77 bits per heavy atom. The van der Waals surface area contributed by atoms with Gasteiger partial charge in [0, 0.05) is 30.0 Å². The van der Waals surface area contributed by atoms with Gasteiger partial charge < -0.3 is 9.47 Å². The molecule has 0 heterocycles. The second kappa shape index (κ2) is 7.39. The lowest BCUT2D eigenvalue weighted by Gasteiger charge is -2.06. The Bertz CT molecular complexity index is 853. The number of nitro benzene ring substituents is 1. The van der Waals surface area contributed by atoms with Crippen molar-refractivity contribution in [2.45, 2.75) is 18.8 Å². The minimum absolute atomic E-state index is 0.0311. The van der Waals surface area contributed by atoms with E-state index >= 15 is 0 Å². The van der Waals surface area contributed by atoms with Crippen LogP contribution in [0.2, 0.25) is 0 Å². The minimum Gasteiger partial charge on any atom is -0.497 e. The van der Waals surface area contributed by atoms with Gasteiger partial charge in [-0.25, -0.2) is 4.79 Å². The van der Waals surface area contributed by atoms with Crippen molar-refractivity contribution in [1.82, 2.24) is 0 Å². The standard InChI is InChI=1S/C20H19NO5/c1-25-16-9-5-14(6-10-16)17-12-18(17)19(20(22)26-2)11-13-3-7-15(8-4-13)21(23)24/h3-10,17H,11-12H2,1-2H3/b19-18+. The largest absolute Gasteiger partial charge is 0.497 e. The lowest BCUT2D eigenvalue weighted by Crippen LogP contribution is -2.08. The molecule has 134 valence electrons. The third kappa shape index (κ3) is 3.74. The van der Waals surface area contributed by atoms with Gasteiger partial charge in [0.1, 0.15) is 5.75 Å². The van der Waals surface area contributed by atoms with E-state index in [2.05, 4.69) is 0 Å². The van der Waals surface area contributed by atoms with Gasteiger partial charge in [-0.3, -0.25) is 10.1 Å². The molecule has 6 nitrogen and oxygen atoms in total. The Balaban J connectivity index is 1.83. The molecular weight excluding hydrogens is 334 g/mol. The molecule has 1 fully saturated rings. The molecule has 0 aliphatic heterocycles. The molecule has 0 saturated heterocycles. The molecule has 26 heavy (non-hydrogen) atoms. The SMILES string of the molecule is COC(=O)/C(Cc1ccc([N+](=O)[O-])cc1)=C1\CC1c1ccc(OC)cc1. The number of rotatable bonds is 6. The first kappa shape index (κ1) is 17.7. The molecule has 0 amide bonds. The molecule has 0 radical (unpaired) electrons. The molecule has 6 heteroatoms. The predicted octanol–water partition coefficient (Wildman–Crippen LogP) is 3.80. The summed E-state index contributed by atoms with van der Waals surface area (Å²) in [4.78, 5) is 22.6. The Kier molecular flexibility index (Phi) is 5.02. The maximum atomic E-state index is 12.2. The number of carbonyl (C=O) groups excluding carboxylic acids is 1. The molecule has 0 aromatic heterocycles. The highest BCUT2D eigenvalue weighted by atomic mass is 16.6. The molecular formula is C20H19NO5. The number of ether oxygens (including phenoxy) is 2. The van der Waals surface area contributed by atoms with Crippen LogP contribution >= 0.6 is 0 Å². The van der Waals surface area contributed by atoms with Crippen LogP contribution in [0.15, 0.2) is 59.7 Å². The van der Waals surface area contributed by atoms with E-state index < -0.39 is 4.92 Å². The van der Waals surface area contributed by atoms with Gasteiger partial charge in [-0.2, -0.15) is 0 Å². The van der Waals surface area contributed by atoms with Crippen LogP contribution in [0.5, 0.6) is 5.75 Å². The van der Waals surface area contributed by atoms with Crippen LogP contribution < -0.4 is 4.74 Å². The summed E-state index contributed by atoms with van der Waals surface area (Å²) in [6, 6.07) is 14.0. The average Bonchev–Trinajstić information content (AvgIpc) is 3.46. The minimum atomic E-state index is -0.440. The smallest absolute Gasteiger partial charge is 0.334 e. The van der Waals surface area contributed by atoms with E-state index in [9.17, 15) is 14.9 Å². The molecule has 0 bridgehead atoms. The molecule has 1 aliphatic rings. The third-order valence-electron chi connectivity index (χ3n) is 4.55. The molecule has 1 atom stereocenters. The van der Waals surface area contributed by atoms with Crippen LogP contribution in [0.3, 0.4) is 0 Å². The van der Waals surface area contributed by atoms with Gasteiger partial charge in [-0.15, -0.1) is 0 Å². The van der Waals surface area contributed by atoms with E-state index in [-0.39, 0.29) is 17.6 Å². The topological polar surface area (TPSA) is 78.7 Å². The van der Waals surface area contributed by atoms with E-state index in [4.69, 9.17) is 9.47 Å². The Morgan fingerprint density at radius 1 is 1.12 bits per heavy atom. The normalized spacial score (nSPS) is 17.4. The van der Waals surface area contributed by atoms with Crippen LogP contribution in [-0.2, 0) is 16.0 Å². The van der Waals surface area contributed by atoms with Gasteiger partial charge >= 0.3 is 5.97 Å². The van der Waals surface area contributed by atoms with Crippen molar-refractivity contribution >= 4 is 11.7 Å². The van der Waals surface area contributed by atoms with E-state index in [1.165, 1.54) is 19.2 Å². The van der Waals surface area contributed by atoms with Crippen molar-refractivity contribution in [3.63, 3.8) is 0 Å². The molecule has 0 spiro atoms. The number of esters is 1. The first-order valence-corrected chi connectivity index (χ1v) is 8.21. The number of hydrogen-bond donors (Lipinski definition) is 0. The quantitative estimate of drug-likeness (QED) is 0.341. The third-order valence-corrected chi connectivity index (χ3v) is 4.55. The van der Waals surface area contributed by atoms with Crippen LogP contribution in [0.25, 0.3) is 0 Å². The zero-order valence-electron chi connectivity index (χ0n) is 14.6. The van der Waals surface area contributed by atoms with Crippen molar-refractivity contribution in [1.29, 1.82) is 0 Å². The fourth-order valence-corrected chi connectivity index (χ4v) is 3.03. The van der Waals surface area contributed by atoms with Gasteiger partial charge in [0.15, 0.2) is 0 Å². The number of non-ortho nitro benzene ring substituents is 1. The number of benzene rings is 2. The van der Waals surface area contributed by atoms with Crippen molar-refractivity contribution in [3.8, 4) is 5.75 Å². The summed E-state index contributed by atoms with van der Waals surface area (Å²) >= 11 is 0. The zero-order valence-corrected chi connectivity index (χ0v) is 14.6. The molecule has 2 aromatic carbocycles. The second-order valence-electron chi connectivity index (χ2n) is 6.13. The summed E-state index contributed by atoms with van der Waals surface area (Å²) in [6.07, 6.45) is 1.20. The summed E-state index contributed by atoms with van der Waals surface area (Å²) in [6.45, 7) is 0. The lowest BCUT2D eigenvalue weighted by atomic mass is 10.0. The summed E-state index contributed by atoms with van der Waals surface area (Å²) in [5.41, 5.74) is 3.68. The number of methoxy groups -OCH3 is 2. The molecule has 1 aliphatic carbocycles. The zero-order chi connectivity index (χ0) is 18.7. The highest BCUT2D eigenvalue weighted by Gasteiger charge is 2.36. The summed E-state index contributed by atoms with van der Waals surface area (Å²) in [5.74, 6) is 0.640. The number of nitrogens with zero attached hydrogens (tertiary/aromatic N) is 1. The van der Waals surface area contributed by atoms with Gasteiger partial charge in [0.2, 0.25) is 0 Å². The van der Waals surface area contributed by atoms with Crippen molar-refractivity contribution in [2.24, 2.45) is 0 Å². The first-order valence-electron chi connectivity index (χ1n) is 8.21. The molecule has 3 rings (SSSR count). The summed E-state index contributed by atoms with van der Waals surface area (Å²) < 4.78 is 10.1. The fraction of sp³-hybridized carbons (Fsp3) is 0.250. The highest BCUT2D eigenvalue weighted by Crippen LogP contribution is 2.49. The molecule has 1 unspecified atom stereocenters. The lowest BCUT2D eigenvalue weighted by molar-refractivity contribution is -0.384. The Labute approximate surface area is 151 Å². The van der Waals surface area contributed by atoms with Crippen LogP contribution in [-0.4, -0.2) is 25.1 Å². The van der Waals surface area contributed by atoms with Crippen LogP contribution in [0, 0.1) is 10.1 Å². The maximum Gasteiger partial charge on any atom is 0.334 e. The Hall–Kier alpha value is -3.15. The van der Waals surface area contributed by atoms with E-state index in [1.807, 2.05) is 24.3 Å². The number of carbonyl (C=O) groups is 1. The number of nitro groups is 1. The average molecular weight is 353 g/mol. The highest BCUT2D eigenvalue weighted by molar-refractivity contribution is 5.91. The van der Waals surface area contributed by atoms with Gasteiger partial charge in [0.05, 0.1) is 19.1 Å². The molecule has 2 aromatic rings. The molecule has 0 N–H and O–H groups in total. The van der Waals surface area contributed by atoms with E-state index in [0.717, 1.165) is 28.9 Å². The van der Waals surface area contributed by atoms with E-state index in [0.29, 0.717) is 12.0 Å². The monoisotopic (exact) mass is 353 g/mol. The fourth-order valence-electron chi connectivity index (χ4n) is 3.03. The van der Waals surface area contributed by atoms with Crippen molar-refractivity contribution < 1.29 is 19.2 Å². The van der Waals surface area contributed by atoms with Crippen LogP contribution in [0.4, 0.5) is 5.69 Å². The van der Waals surface area contributed by atoms with Gasteiger partial charge in [-0.05, 0) is 29.7 Å². The number of hydrogen-bond acceptors (Lipinski definition) is 5.